The van der Waals surface area contributed by atoms with Crippen molar-refractivity contribution in [1.29, 1.82) is 0 Å². The van der Waals surface area contributed by atoms with E-state index in [-0.39, 0.29) is 24.3 Å². The monoisotopic (exact) mass is 278 g/mol. The summed E-state index contributed by atoms with van der Waals surface area (Å²) in [6.45, 7) is 3.97. The van der Waals surface area contributed by atoms with Crippen molar-refractivity contribution in [3.63, 3.8) is 0 Å². The summed E-state index contributed by atoms with van der Waals surface area (Å²) >= 11 is 1.58. The van der Waals surface area contributed by atoms with Gasteiger partial charge in [0.1, 0.15) is 12.6 Å². The van der Waals surface area contributed by atoms with E-state index in [1.165, 1.54) is 0 Å². The first-order valence-corrected chi connectivity index (χ1v) is 7.51. The van der Waals surface area contributed by atoms with Gasteiger partial charge >= 0.3 is 0 Å². The average molecular weight is 278 g/mol. The number of piperazine rings is 1. The second kappa shape index (κ2) is 5.65. The summed E-state index contributed by atoms with van der Waals surface area (Å²) in [5.41, 5.74) is 0.820. The Balaban J connectivity index is 2.37. The fourth-order valence-corrected chi connectivity index (χ4v) is 2.78. The Morgan fingerprint density at radius 2 is 2.00 bits per heavy atom. The highest BCUT2D eigenvalue weighted by atomic mass is 32.2. The third-order valence-electron chi connectivity index (χ3n) is 3.19. The zero-order valence-electron chi connectivity index (χ0n) is 11.3. The lowest BCUT2D eigenvalue weighted by Gasteiger charge is -2.35. The van der Waals surface area contributed by atoms with Gasteiger partial charge in [-0.05, 0) is 24.3 Å². The van der Waals surface area contributed by atoms with Gasteiger partial charge in [-0.25, -0.2) is 0 Å². The highest BCUT2D eigenvalue weighted by molar-refractivity contribution is 7.98. The van der Waals surface area contributed by atoms with Crippen LogP contribution in [0.5, 0.6) is 0 Å². The molecule has 1 unspecified atom stereocenters. The van der Waals surface area contributed by atoms with Gasteiger partial charge in [0.25, 0.3) is 0 Å². The predicted octanol–water partition coefficient (Wildman–Crippen LogP) is 1.90. The Hall–Kier alpha value is -1.49. The van der Waals surface area contributed by atoms with Crippen molar-refractivity contribution < 1.29 is 9.59 Å². The maximum Gasteiger partial charge on any atom is 0.250 e. The normalized spacial score (nSPS) is 19.8. The van der Waals surface area contributed by atoms with Crippen LogP contribution in [0.1, 0.15) is 13.8 Å². The molecule has 1 aromatic carbocycles. The lowest BCUT2D eigenvalue weighted by Crippen LogP contribution is -2.60. The number of rotatable bonds is 3. The fraction of sp³-hybridized carbons (Fsp3) is 0.429. The van der Waals surface area contributed by atoms with Gasteiger partial charge in [-0.2, -0.15) is 0 Å². The summed E-state index contributed by atoms with van der Waals surface area (Å²) in [4.78, 5) is 26.9. The van der Waals surface area contributed by atoms with Gasteiger partial charge in [-0.15, -0.1) is 11.8 Å². The molecular weight excluding hydrogens is 260 g/mol. The van der Waals surface area contributed by atoms with Crippen molar-refractivity contribution in [2.75, 3.05) is 17.7 Å². The number of nitrogens with one attached hydrogen (secondary N) is 1. The molecule has 0 aromatic heterocycles. The minimum absolute atomic E-state index is 0.0314. The van der Waals surface area contributed by atoms with Gasteiger partial charge in [0, 0.05) is 4.90 Å². The maximum absolute atomic E-state index is 12.5. The molecule has 1 fully saturated rings. The standard InChI is InChI=1S/C14H18N2O2S/c1-9(2)13-14(18)16(8-12(17)15-13)10-6-4-5-7-11(10)19-3/h4-7,9,13H,8H2,1-3H3,(H,15,17). The number of hydrogen-bond acceptors (Lipinski definition) is 3. The maximum atomic E-state index is 12.5. The summed E-state index contributed by atoms with van der Waals surface area (Å²) in [6, 6.07) is 7.24. The SMILES string of the molecule is CSc1ccccc1N1CC(=O)NC(C(C)C)C1=O. The van der Waals surface area contributed by atoms with E-state index in [4.69, 9.17) is 0 Å². The molecule has 1 N–H and O–H groups in total. The highest BCUT2D eigenvalue weighted by Crippen LogP contribution is 2.30. The summed E-state index contributed by atoms with van der Waals surface area (Å²) in [5.74, 6) is -0.0500. The van der Waals surface area contributed by atoms with Gasteiger partial charge in [0.15, 0.2) is 0 Å². The number of carbonyl (C=O) groups is 2. The van der Waals surface area contributed by atoms with Crippen LogP contribution in [0.4, 0.5) is 5.69 Å². The first-order valence-electron chi connectivity index (χ1n) is 6.28. The van der Waals surface area contributed by atoms with Crippen LogP contribution in [0.15, 0.2) is 29.2 Å². The van der Waals surface area contributed by atoms with Gasteiger partial charge in [-0.1, -0.05) is 26.0 Å². The van der Waals surface area contributed by atoms with Gasteiger partial charge in [-0.3, -0.25) is 9.59 Å². The molecule has 4 nitrogen and oxygen atoms in total. The summed E-state index contributed by atoms with van der Waals surface area (Å²) in [5, 5.41) is 2.77. The number of para-hydroxylation sites is 1. The van der Waals surface area contributed by atoms with E-state index in [0.717, 1.165) is 10.6 Å². The van der Waals surface area contributed by atoms with Gasteiger partial charge in [0.05, 0.1) is 5.69 Å². The molecule has 1 aliphatic heterocycles. The van der Waals surface area contributed by atoms with Crippen LogP contribution in [-0.2, 0) is 9.59 Å². The van der Waals surface area contributed by atoms with Crippen molar-refractivity contribution in [3.05, 3.63) is 24.3 Å². The largest absolute Gasteiger partial charge is 0.342 e. The van der Waals surface area contributed by atoms with E-state index in [0.29, 0.717) is 0 Å². The van der Waals surface area contributed by atoms with E-state index < -0.39 is 6.04 Å². The number of amides is 2. The van der Waals surface area contributed by atoms with E-state index in [2.05, 4.69) is 5.32 Å². The molecule has 0 saturated carbocycles. The van der Waals surface area contributed by atoms with Crippen LogP contribution < -0.4 is 10.2 Å². The number of nitrogens with zero attached hydrogens (tertiary/aromatic N) is 1. The molecule has 5 heteroatoms. The molecule has 0 bridgehead atoms. The Labute approximate surface area is 117 Å². The first-order chi connectivity index (χ1) is 9.04. The molecule has 2 rings (SSSR count). The second-order valence-corrected chi connectivity index (χ2v) is 5.73. The fourth-order valence-electron chi connectivity index (χ4n) is 2.18. The van der Waals surface area contributed by atoms with E-state index in [9.17, 15) is 9.59 Å². The zero-order valence-corrected chi connectivity index (χ0v) is 12.2. The van der Waals surface area contributed by atoms with Crippen LogP contribution in [0.3, 0.4) is 0 Å². The van der Waals surface area contributed by atoms with Crippen molar-refractivity contribution in [2.45, 2.75) is 24.8 Å². The smallest absolute Gasteiger partial charge is 0.250 e. The number of thioether (sulfide) groups is 1. The third kappa shape index (κ3) is 2.76. The van der Waals surface area contributed by atoms with Crippen molar-refractivity contribution in [3.8, 4) is 0 Å². The third-order valence-corrected chi connectivity index (χ3v) is 3.98. The van der Waals surface area contributed by atoms with Crippen LogP contribution in [0.25, 0.3) is 0 Å². The topological polar surface area (TPSA) is 49.4 Å². The molecular formula is C14H18N2O2S. The Morgan fingerprint density at radius 3 is 2.63 bits per heavy atom. The number of benzene rings is 1. The van der Waals surface area contributed by atoms with Crippen LogP contribution in [0, 0.1) is 5.92 Å². The first kappa shape index (κ1) is 13.9. The average Bonchev–Trinajstić information content (AvgIpc) is 2.40. The zero-order chi connectivity index (χ0) is 14.0. The van der Waals surface area contributed by atoms with E-state index >= 15 is 0 Å². The molecule has 1 aliphatic rings. The Bertz CT molecular complexity index is 502. The highest BCUT2D eigenvalue weighted by Gasteiger charge is 2.35. The minimum Gasteiger partial charge on any atom is -0.342 e. The molecule has 1 saturated heterocycles. The van der Waals surface area contributed by atoms with E-state index in [1.807, 2.05) is 44.4 Å². The van der Waals surface area contributed by atoms with Crippen molar-refractivity contribution in [1.82, 2.24) is 5.32 Å². The molecule has 0 radical (unpaired) electrons. The Morgan fingerprint density at radius 1 is 1.32 bits per heavy atom. The second-order valence-electron chi connectivity index (χ2n) is 4.89. The lowest BCUT2D eigenvalue weighted by atomic mass is 10.0. The molecule has 19 heavy (non-hydrogen) atoms. The minimum atomic E-state index is -0.434. The molecule has 0 aliphatic carbocycles. The number of anilines is 1. The van der Waals surface area contributed by atoms with Crippen LogP contribution in [-0.4, -0.2) is 30.7 Å². The van der Waals surface area contributed by atoms with Crippen molar-refractivity contribution in [2.24, 2.45) is 5.92 Å². The lowest BCUT2D eigenvalue weighted by molar-refractivity contribution is -0.132. The van der Waals surface area contributed by atoms with Crippen LogP contribution in [0.2, 0.25) is 0 Å². The summed E-state index contributed by atoms with van der Waals surface area (Å²) < 4.78 is 0. The van der Waals surface area contributed by atoms with Crippen molar-refractivity contribution >= 4 is 29.3 Å². The molecule has 1 aromatic rings. The molecule has 0 spiro atoms. The molecule has 1 atom stereocenters. The summed E-state index contributed by atoms with van der Waals surface area (Å²) in [7, 11) is 0. The molecule has 102 valence electrons. The van der Waals surface area contributed by atoms with E-state index in [1.54, 1.807) is 16.7 Å². The van der Waals surface area contributed by atoms with Gasteiger partial charge in [0.2, 0.25) is 11.8 Å². The molecule has 1 heterocycles. The van der Waals surface area contributed by atoms with Crippen LogP contribution >= 0.6 is 11.8 Å². The van der Waals surface area contributed by atoms with Gasteiger partial charge < -0.3 is 10.2 Å². The quantitative estimate of drug-likeness (QED) is 0.859. The predicted molar refractivity (Wildman–Crippen MR) is 77.3 cm³/mol. The Kier molecular flexibility index (Phi) is 4.14. The molecule has 2 amide bonds. The number of carbonyl (C=O) groups excluding carboxylic acids is 2. The summed E-state index contributed by atoms with van der Waals surface area (Å²) in [6.07, 6.45) is 1.97. The number of hydrogen-bond donors (Lipinski definition) is 1.